The summed E-state index contributed by atoms with van der Waals surface area (Å²) >= 11 is 6.00. The van der Waals surface area contributed by atoms with Gasteiger partial charge in [0.05, 0.1) is 11.4 Å². The number of likely N-dealkylation sites (N-methyl/N-ethyl adjacent to an activating group) is 1. The van der Waals surface area contributed by atoms with E-state index in [2.05, 4.69) is 10.00 Å². The molecule has 3 rings (SSSR count). The van der Waals surface area contributed by atoms with Gasteiger partial charge in [0.25, 0.3) is 0 Å². The third-order valence-electron chi connectivity index (χ3n) is 3.50. The van der Waals surface area contributed by atoms with Crippen LogP contribution in [0, 0.1) is 0 Å². The monoisotopic (exact) mass is 291 g/mol. The van der Waals surface area contributed by atoms with E-state index in [9.17, 15) is 9.90 Å². The molecule has 0 fully saturated rings. The van der Waals surface area contributed by atoms with Gasteiger partial charge in [-0.05, 0) is 25.2 Å². The summed E-state index contributed by atoms with van der Waals surface area (Å²) in [6, 6.07) is 7.29. The Morgan fingerprint density at radius 1 is 1.45 bits per heavy atom. The summed E-state index contributed by atoms with van der Waals surface area (Å²) in [7, 11) is 1.98. The second-order valence-electron chi connectivity index (χ2n) is 4.96. The molecule has 0 bridgehead atoms. The zero-order valence-electron chi connectivity index (χ0n) is 11.0. The van der Waals surface area contributed by atoms with Crippen molar-refractivity contribution >= 4 is 17.6 Å². The van der Waals surface area contributed by atoms with Crippen LogP contribution in [0.1, 0.15) is 21.7 Å². The number of hydrogen-bond donors (Lipinski definition) is 1. The van der Waals surface area contributed by atoms with Gasteiger partial charge in [-0.3, -0.25) is 0 Å². The van der Waals surface area contributed by atoms with E-state index in [4.69, 9.17) is 11.6 Å². The Morgan fingerprint density at radius 3 is 2.95 bits per heavy atom. The molecule has 1 aromatic heterocycles. The van der Waals surface area contributed by atoms with Crippen LogP contribution < -0.4 is 0 Å². The van der Waals surface area contributed by atoms with Crippen molar-refractivity contribution < 1.29 is 9.90 Å². The van der Waals surface area contributed by atoms with Crippen molar-refractivity contribution in [3.05, 3.63) is 46.2 Å². The number of nitrogens with zero attached hydrogens (tertiary/aromatic N) is 3. The lowest BCUT2D eigenvalue weighted by molar-refractivity contribution is 0.0687. The van der Waals surface area contributed by atoms with E-state index in [0.29, 0.717) is 11.6 Å². The molecule has 104 valence electrons. The number of hydrogen-bond acceptors (Lipinski definition) is 3. The number of aromatic nitrogens is 2. The highest BCUT2D eigenvalue weighted by molar-refractivity contribution is 6.30. The Bertz CT molecular complexity index is 681. The summed E-state index contributed by atoms with van der Waals surface area (Å²) in [6.45, 7) is 1.50. The van der Waals surface area contributed by atoms with Gasteiger partial charge in [0.15, 0.2) is 5.69 Å². The number of benzene rings is 1. The molecule has 1 aliphatic rings. The highest BCUT2D eigenvalue weighted by Crippen LogP contribution is 2.25. The Labute approximate surface area is 121 Å². The predicted molar refractivity (Wildman–Crippen MR) is 75.6 cm³/mol. The third kappa shape index (κ3) is 2.19. The first-order valence-corrected chi connectivity index (χ1v) is 6.72. The molecule has 1 aliphatic heterocycles. The quantitative estimate of drug-likeness (QED) is 0.922. The van der Waals surface area contributed by atoms with Crippen LogP contribution in [0.2, 0.25) is 5.02 Å². The normalized spacial score (nSPS) is 15.1. The van der Waals surface area contributed by atoms with Crippen LogP contribution >= 0.6 is 11.6 Å². The molecule has 20 heavy (non-hydrogen) atoms. The largest absolute Gasteiger partial charge is 0.476 e. The summed E-state index contributed by atoms with van der Waals surface area (Å²) in [5.74, 6) is -0.989. The molecule has 0 atom stereocenters. The van der Waals surface area contributed by atoms with Crippen LogP contribution in [0.3, 0.4) is 0 Å². The molecule has 1 aromatic carbocycles. The molecule has 5 nitrogen and oxygen atoms in total. The first-order chi connectivity index (χ1) is 9.56. The summed E-state index contributed by atoms with van der Waals surface area (Å²) in [5, 5.41) is 14.2. The molecule has 0 saturated heterocycles. The number of fused-ring (bicyclic) bond motifs is 1. The van der Waals surface area contributed by atoms with Crippen molar-refractivity contribution in [2.24, 2.45) is 0 Å². The van der Waals surface area contributed by atoms with Crippen molar-refractivity contribution in [2.75, 3.05) is 13.6 Å². The van der Waals surface area contributed by atoms with Crippen molar-refractivity contribution in [1.29, 1.82) is 0 Å². The Balaban J connectivity index is 2.17. The van der Waals surface area contributed by atoms with Crippen LogP contribution in [0.15, 0.2) is 24.3 Å². The van der Waals surface area contributed by atoms with Gasteiger partial charge in [0.1, 0.15) is 0 Å². The maximum Gasteiger partial charge on any atom is 0.356 e. The van der Waals surface area contributed by atoms with Crippen molar-refractivity contribution in [3.63, 3.8) is 0 Å². The number of halogens is 1. The molecule has 0 saturated carbocycles. The molecule has 0 radical (unpaired) electrons. The van der Waals surface area contributed by atoms with Gasteiger partial charge in [-0.15, -0.1) is 0 Å². The van der Waals surface area contributed by atoms with E-state index in [1.54, 1.807) is 16.8 Å². The molecule has 1 N–H and O–H groups in total. The molecule has 6 heteroatoms. The minimum Gasteiger partial charge on any atom is -0.476 e. The molecule has 0 aliphatic carbocycles. The predicted octanol–water partition coefficient (Wildman–Crippen LogP) is 2.21. The number of carboxylic acid groups (broad SMARTS) is 1. The number of carboxylic acids is 1. The minimum atomic E-state index is -0.989. The molecular formula is C14H14ClN3O2. The van der Waals surface area contributed by atoms with Crippen molar-refractivity contribution in [3.8, 4) is 5.69 Å². The Kier molecular flexibility index (Phi) is 3.23. The second-order valence-corrected chi connectivity index (χ2v) is 5.39. The molecule has 2 aromatic rings. The lowest BCUT2D eigenvalue weighted by Crippen LogP contribution is -2.28. The van der Waals surface area contributed by atoms with E-state index in [0.717, 1.165) is 29.9 Å². The average molecular weight is 292 g/mol. The van der Waals surface area contributed by atoms with Gasteiger partial charge in [0.2, 0.25) is 0 Å². The van der Waals surface area contributed by atoms with Crippen LogP contribution in [0.25, 0.3) is 5.69 Å². The van der Waals surface area contributed by atoms with Gasteiger partial charge < -0.3 is 10.0 Å². The lowest BCUT2D eigenvalue weighted by Gasteiger charge is -2.23. The zero-order valence-corrected chi connectivity index (χ0v) is 11.8. The Hall–Kier alpha value is -1.85. The molecule has 2 heterocycles. The van der Waals surface area contributed by atoms with Crippen LogP contribution in [-0.4, -0.2) is 39.3 Å². The number of aromatic carboxylic acids is 1. The van der Waals surface area contributed by atoms with Gasteiger partial charge in [-0.2, -0.15) is 5.10 Å². The summed E-state index contributed by atoms with van der Waals surface area (Å²) < 4.78 is 1.71. The van der Waals surface area contributed by atoms with Crippen LogP contribution in [0.4, 0.5) is 0 Å². The van der Waals surface area contributed by atoms with Gasteiger partial charge in [0, 0.05) is 30.1 Å². The average Bonchev–Trinajstić information content (AvgIpc) is 2.77. The fourth-order valence-corrected chi connectivity index (χ4v) is 2.73. The van der Waals surface area contributed by atoms with Crippen LogP contribution in [-0.2, 0) is 13.0 Å². The summed E-state index contributed by atoms with van der Waals surface area (Å²) in [6.07, 6.45) is 0.776. The fourth-order valence-electron chi connectivity index (χ4n) is 2.55. The van der Waals surface area contributed by atoms with Gasteiger partial charge >= 0.3 is 5.97 Å². The van der Waals surface area contributed by atoms with Crippen LogP contribution in [0.5, 0.6) is 0 Å². The zero-order chi connectivity index (χ0) is 14.3. The van der Waals surface area contributed by atoms with Gasteiger partial charge in [-0.25, -0.2) is 9.48 Å². The fraction of sp³-hybridized carbons (Fsp3) is 0.286. The van der Waals surface area contributed by atoms with E-state index < -0.39 is 5.97 Å². The standard InChI is InChI=1S/C14H14ClN3O2/c1-17-6-5-12-11(8-17)13(14(19)20)16-18(12)10-4-2-3-9(15)7-10/h2-4,7H,5-6,8H2,1H3,(H,19,20). The summed E-state index contributed by atoms with van der Waals surface area (Å²) in [5.41, 5.74) is 2.69. The van der Waals surface area contributed by atoms with E-state index in [-0.39, 0.29) is 5.69 Å². The van der Waals surface area contributed by atoms with Crippen molar-refractivity contribution in [1.82, 2.24) is 14.7 Å². The first kappa shape index (κ1) is 13.1. The molecule has 0 unspecified atom stereocenters. The highest BCUT2D eigenvalue weighted by atomic mass is 35.5. The summed E-state index contributed by atoms with van der Waals surface area (Å²) in [4.78, 5) is 13.5. The third-order valence-corrected chi connectivity index (χ3v) is 3.74. The molecule has 0 amide bonds. The van der Waals surface area contributed by atoms with E-state index >= 15 is 0 Å². The lowest BCUT2D eigenvalue weighted by atomic mass is 10.1. The topological polar surface area (TPSA) is 58.4 Å². The van der Waals surface area contributed by atoms with Crippen molar-refractivity contribution in [2.45, 2.75) is 13.0 Å². The van der Waals surface area contributed by atoms with Gasteiger partial charge in [-0.1, -0.05) is 17.7 Å². The smallest absolute Gasteiger partial charge is 0.356 e. The van der Waals surface area contributed by atoms with E-state index in [1.807, 2.05) is 19.2 Å². The minimum absolute atomic E-state index is 0.131. The van der Waals surface area contributed by atoms with E-state index in [1.165, 1.54) is 0 Å². The number of carbonyl (C=O) groups is 1. The Morgan fingerprint density at radius 2 is 2.25 bits per heavy atom. The molecule has 0 spiro atoms. The SMILES string of the molecule is CN1CCc2c(c(C(=O)O)nn2-c2cccc(Cl)c2)C1. The maximum absolute atomic E-state index is 11.4. The number of rotatable bonds is 2. The molecular weight excluding hydrogens is 278 g/mol. The highest BCUT2D eigenvalue weighted by Gasteiger charge is 2.27. The first-order valence-electron chi connectivity index (χ1n) is 6.35. The maximum atomic E-state index is 11.4. The second kappa shape index (κ2) is 4.92.